The van der Waals surface area contributed by atoms with Gasteiger partial charge in [-0.2, -0.15) is 4.98 Å². The van der Waals surface area contributed by atoms with Crippen LogP contribution in [0, 0.1) is 6.92 Å². The van der Waals surface area contributed by atoms with Gasteiger partial charge in [-0.05, 0) is 43.7 Å². The quantitative estimate of drug-likeness (QED) is 0.330. The molecule has 0 unspecified atom stereocenters. The molecule has 0 saturated carbocycles. The van der Waals surface area contributed by atoms with Crippen molar-refractivity contribution in [2.45, 2.75) is 19.9 Å². The summed E-state index contributed by atoms with van der Waals surface area (Å²) in [4.78, 5) is 26.3. The van der Waals surface area contributed by atoms with E-state index in [-0.39, 0.29) is 12.1 Å². The Morgan fingerprint density at radius 1 is 0.857 bits per heavy atom. The monoisotopic (exact) mass is 466 g/mol. The van der Waals surface area contributed by atoms with Crippen LogP contribution in [0.3, 0.4) is 0 Å². The van der Waals surface area contributed by atoms with E-state index in [1.54, 1.807) is 17.2 Å². The van der Waals surface area contributed by atoms with Crippen molar-refractivity contribution in [3.63, 3.8) is 0 Å². The second kappa shape index (κ2) is 10.7. The summed E-state index contributed by atoms with van der Waals surface area (Å²) in [6.07, 6.45) is 1.66. The highest BCUT2D eigenvalue weighted by Crippen LogP contribution is 2.34. The minimum atomic E-state index is -0.316. The van der Waals surface area contributed by atoms with Crippen molar-refractivity contribution in [2.75, 3.05) is 34.5 Å². The Kier molecular flexibility index (Phi) is 7.26. The predicted octanol–water partition coefficient (Wildman–Crippen LogP) is 6.39. The number of urea groups is 1. The van der Waals surface area contributed by atoms with Crippen molar-refractivity contribution >= 4 is 34.9 Å². The van der Waals surface area contributed by atoms with Crippen LogP contribution in [-0.2, 0) is 0 Å². The lowest BCUT2D eigenvalue weighted by Crippen LogP contribution is -2.33. The third-order valence-corrected chi connectivity index (χ3v) is 5.63. The first-order valence-electron chi connectivity index (χ1n) is 11.5. The van der Waals surface area contributed by atoms with Gasteiger partial charge in [-0.3, -0.25) is 0 Å². The van der Waals surface area contributed by atoms with Gasteiger partial charge in [-0.1, -0.05) is 60.2 Å². The summed E-state index contributed by atoms with van der Waals surface area (Å²) >= 11 is 0. The fraction of sp³-hybridized carbons (Fsp3) is 0.179. The summed E-state index contributed by atoms with van der Waals surface area (Å²) in [5.74, 6) is 0.899. The van der Waals surface area contributed by atoms with E-state index >= 15 is 0 Å². The number of nitrogens with zero attached hydrogens (tertiary/aromatic N) is 4. The molecule has 7 nitrogen and oxygen atoms in total. The number of aryl methyl sites for hydroxylation is 1. The van der Waals surface area contributed by atoms with Crippen molar-refractivity contribution in [3.05, 3.63) is 102 Å². The summed E-state index contributed by atoms with van der Waals surface area (Å²) in [6.45, 7) is 4.06. The number of hydrogen-bond donors (Lipinski definition) is 2. The van der Waals surface area contributed by atoms with E-state index in [4.69, 9.17) is 4.98 Å². The Hall–Kier alpha value is -4.39. The lowest BCUT2D eigenvalue weighted by molar-refractivity contribution is 0.259. The molecule has 2 amide bonds. The molecular formula is C28H30N6O. The van der Waals surface area contributed by atoms with Crippen molar-refractivity contribution in [2.24, 2.45) is 0 Å². The highest BCUT2D eigenvalue weighted by molar-refractivity contribution is 6.08. The van der Waals surface area contributed by atoms with Gasteiger partial charge >= 0.3 is 6.03 Å². The van der Waals surface area contributed by atoms with E-state index in [1.165, 1.54) is 0 Å². The van der Waals surface area contributed by atoms with Gasteiger partial charge in [0.05, 0.1) is 17.4 Å². The van der Waals surface area contributed by atoms with Gasteiger partial charge in [0.15, 0.2) is 0 Å². The van der Waals surface area contributed by atoms with Crippen molar-refractivity contribution in [3.8, 4) is 0 Å². The van der Waals surface area contributed by atoms with Gasteiger partial charge in [0.25, 0.3) is 0 Å². The van der Waals surface area contributed by atoms with Gasteiger partial charge in [-0.15, -0.1) is 0 Å². The Labute approximate surface area is 206 Å². The summed E-state index contributed by atoms with van der Waals surface area (Å²) in [5.41, 5.74) is 4.54. The summed E-state index contributed by atoms with van der Waals surface area (Å²) in [5, 5.41) is 6.35. The molecule has 0 bridgehead atoms. The van der Waals surface area contributed by atoms with Crippen LogP contribution in [0.4, 0.5) is 33.6 Å². The van der Waals surface area contributed by atoms with Crippen LogP contribution < -0.4 is 20.4 Å². The van der Waals surface area contributed by atoms with E-state index in [0.717, 1.165) is 16.8 Å². The molecule has 35 heavy (non-hydrogen) atoms. The fourth-order valence-corrected chi connectivity index (χ4v) is 3.75. The number of benzene rings is 3. The number of nitrogens with one attached hydrogen (secondary N) is 2. The number of rotatable bonds is 7. The third-order valence-electron chi connectivity index (χ3n) is 5.63. The van der Waals surface area contributed by atoms with Gasteiger partial charge in [0, 0.05) is 32.0 Å². The zero-order chi connectivity index (χ0) is 24.8. The van der Waals surface area contributed by atoms with Crippen molar-refractivity contribution < 1.29 is 4.79 Å². The molecule has 0 saturated heterocycles. The van der Waals surface area contributed by atoms with Gasteiger partial charge in [0.1, 0.15) is 5.82 Å². The molecule has 0 aliphatic carbocycles. The molecule has 1 atom stereocenters. The molecule has 3 aromatic carbocycles. The Morgan fingerprint density at radius 2 is 1.51 bits per heavy atom. The Morgan fingerprint density at radius 3 is 2.20 bits per heavy atom. The van der Waals surface area contributed by atoms with Gasteiger partial charge in [0.2, 0.25) is 5.95 Å². The molecule has 2 N–H and O–H groups in total. The normalized spacial score (nSPS) is 11.4. The lowest BCUT2D eigenvalue weighted by atomic mass is 10.1. The zero-order valence-corrected chi connectivity index (χ0v) is 20.4. The van der Waals surface area contributed by atoms with Crippen LogP contribution in [0.25, 0.3) is 0 Å². The molecule has 0 radical (unpaired) electrons. The number of amides is 2. The number of hydrogen-bond acceptors (Lipinski definition) is 5. The predicted molar refractivity (Wildman–Crippen MR) is 144 cm³/mol. The molecule has 0 spiro atoms. The van der Waals surface area contributed by atoms with Gasteiger partial charge < -0.3 is 15.5 Å². The average molecular weight is 467 g/mol. The minimum Gasteiger partial charge on any atom is -0.376 e. The maximum atomic E-state index is 13.6. The second-order valence-electron chi connectivity index (χ2n) is 8.53. The van der Waals surface area contributed by atoms with Crippen LogP contribution in [0.5, 0.6) is 0 Å². The number of carbonyl (C=O) groups is 1. The smallest absolute Gasteiger partial charge is 0.332 e. The molecule has 7 heteroatoms. The van der Waals surface area contributed by atoms with Gasteiger partial charge in [-0.25, -0.2) is 14.7 Å². The molecular weight excluding hydrogens is 436 g/mol. The largest absolute Gasteiger partial charge is 0.376 e. The van der Waals surface area contributed by atoms with Crippen LogP contribution in [0.1, 0.15) is 24.1 Å². The lowest BCUT2D eigenvalue weighted by Gasteiger charge is -2.27. The minimum absolute atomic E-state index is 0.00431. The van der Waals surface area contributed by atoms with Crippen LogP contribution in [0.2, 0.25) is 0 Å². The number of aromatic nitrogens is 2. The first-order valence-corrected chi connectivity index (χ1v) is 11.5. The number of carbonyl (C=O) groups excluding carboxylic acids is 1. The van der Waals surface area contributed by atoms with Crippen LogP contribution in [-0.4, -0.2) is 30.1 Å². The SMILES string of the molecule is Cc1ccc(NC(=O)N(c2ccnc(N[C@@H](C)c3ccccc3)n2)c2ccccc2N(C)C)cc1. The summed E-state index contributed by atoms with van der Waals surface area (Å²) < 4.78 is 0. The zero-order valence-electron chi connectivity index (χ0n) is 20.4. The molecule has 0 aliphatic rings. The summed E-state index contributed by atoms with van der Waals surface area (Å²) in [6, 6.07) is 26.9. The topological polar surface area (TPSA) is 73.4 Å². The Balaban J connectivity index is 1.70. The standard InChI is InChI=1S/C28H30N6O/c1-20-14-16-23(17-15-20)31-28(35)34(25-13-9-8-12-24(25)33(3)4)26-18-19-29-27(32-26)30-21(2)22-10-6-5-7-11-22/h5-19,21H,1-4H3,(H,31,35)(H,29,30,32)/t21-/m0/s1. The van der Waals surface area contributed by atoms with E-state index < -0.39 is 0 Å². The van der Waals surface area contributed by atoms with Crippen molar-refractivity contribution in [1.29, 1.82) is 0 Å². The molecule has 0 aliphatic heterocycles. The van der Waals surface area contributed by atoms with E-state index in [0.29, 0.717) is 23.1 Å². The maximum absolute atomic E-state index is 13.6. The fourth-order valence-electron chi connectivity index (χ4n) is 3.75. The molecule has 1 aromatic heterocycles. The first kappa shape index (κ1) is 23.8. The molecule has 4 rings (SSSR count). The van der Waals surface area contributed by atoms with E-state index in [2.05, 4.69) is 34.7 Å². The van der Waals surface area contributed by atoms with E-state index in [9.17, 15) is 4.79 Å². The highest BCUT2D eigenvalue weighted by atomic mass is 16.2. The molecule has 4 aromatic rings. The Bertz CT molecular complexity index is 1270. The van der Waals surface area contributed by atoms with E-state index in [1.807, 2.05) is 92.6 Å². The average Bonchev–Trinajstić information content (AvgIpc) is 2.86. The maximum Gasteiger partial charge on any atom is 0.332 e. The van der Waals surface area contributed by atoms with Crippen LogP contribution >= 0.6 is 0 Å². The molecule has 1 heterocycles. The highest BCUT2D eigenvalue weighted by Gasteiger charge is 2.24. The van der Waals surface area contributed by atoms with Crippen molar-refractivity contribution in [1.82, 2.24) is 9.97 Å². The molecule has 0 fully saturated rings. The first-order chi connectivity index (χ1) is 16.9. The second-order valence-corrected chi connectivity index (χ2v) is 8.53. The third kappa shape index (κ3) is 5.76. The number of anilines is 5. The van der Waals surface area contributed by atoms with Crippen LogP contribution in [0.15, 0.2) is 91.1 Å². The molecule has 178 valence electrons. The summed E-state index contributed by atoms with van der Waals surface area (Å²) in [7, 11) is 3.90. The number of para-hydroxylation sites is 2.